The SMILES string of the molecule is Cc1ccc(-c2[nH]c3ccccc3c2SCCNC(=O)c2ccc(N3C(=O)CCC3=O)cc2)cc1. The number of hydrogen-bond donors (Lipinski definition) is 2. The Labute approximate surface area is 207 Å². The number of carbonyl (C=O) groups excluding carboxylic acids is 3. The molecule has 0 radical (unpaired) electrons. The molecule has 3 amide bonds. The van der Waals surface area contributed by atoms with Crippen LogP contribution < -0.4 is 10.2 Å². The Balaban J connectivity index is 1.24. The highest BCUT2D eigenvalue weighted by Crippen LogP contribution is 2.37. The maximum absolute atomic E-state index is 12.6. The number of aromatic amines is 1. The van der Waals surface area contributed by atoms with E-state index in [2.05, 4.69) is 53.6 Å². The Hall–Kier alpha value is -3.84. The number of nitrogens with one attached hydrogen (secondary N) is 2. The molecule has 0 bridgehead atoms. The summed E-state index contributed by atoms with van der Waals surface area (Å²) in [4.78, 5) is 42.3. The van der Waals surface area contributed by atoms with Gasteiger partial charge in [-0.1, -0.05) is 48.0 Å². The minimum Gasteiger partial charge on any atom is -0.354 e. The predicted molar refractivity (Wildman–Crippen MR) is 140 cm³/mol. The van der Waals surface area contributed by atoms with E-state index in [0.717, 1.165) is 16.8 Å². The molecule has 5 rings (SSSR count). The van der Waals surface area contributed by atoms with Crippen LogP contribution in [0.3, 0.4) is 0 Å². The highest BCUT2D eigenvalue weighted by molar-refractivity contribution is 7.99. The van der Waals surface area contributed by atoms with Gasteiger partial charge in [0.2, 0.25) is 11.8 Å². The largest absolute Gasteiger partial charge is 0.354 e. The van der Waals surface area contributed by atoms with Gasteiger partial charge in [-0.05, 0) is 42.8 Å². The zero-order valence-corrected chi connectivity index (χ0v) is 20.2. The number of H-pyrrole nitrogens is 1. The van der Waals surface area contributed by atoms with E-state index in [1.807, 2.05) is 12.1 Å². The molecule has 35 heavy (non-hydrogen) atoms. The summed E-state index contributed by atoms with van der Waals surface area (Å²) in [6.07, 6.45) is 0.474. The van der Waals surface area contributed by atoms with Crippen molar-refractivity contribution in [1.29, 1.82) is 0 Å². The number of anilines is 1. The van der Waals surface area contributed by atoms with Crippen molar-refractivity contribution in [2.75, 3.05) is 17.2 Å². The van der Waals surface area contributed by atoms with Gasteiger partial charge >= 0.3 is 0 Å². The molecule has 0 atom stereocenters. The van der Waals surface area contributed by atoms with Gasteiger partial charge in [0.25, 0.3) is 5.91 Å². The first kappa shape index (κ1) is 22.9. The number of amides is 3. The molecule has 0 unspecified atom stereocenters. The van der Waals surface area contributed by atoms with E-state index in [9.17, 15) is 14.4 Å². The summed E-state index contributed by atoms with van der Waals surface area (Å²) < 4.78 is 0. The maximum atomic E-state index is 12.6. The smallest absolute Gasteiger partial charge is 0.251 e. The summed E-state index contributed by atoms with van der Waals surface area (Å²) in [6.45, 7) is 2.58. The van der Waals surface area contributed by atoms with Gasteiger partial charge in [0.15, 0.2) is 0 Å². The number of benzene rings is 3. The van der Waals surface area contributed by atoms with Crippen LogP contribution in [-0.4, -0.2) is 35.0 Å². The third-order valence-electron chi connectivity index (χ3n) is 6.07. The van der Waals surface area contributed by atoms with Crippen LogP contribution in [0.4, 0.5) is 5.69 Å². The number of imide groups is 1. The van der Waals surface area contributed by atoms with Crippen molar-refractivity contribution in [3.63, 3.8) is 0 Å². The Morgan fingerprint density at radius 3 is 2.34 bits per heavy atom. The van der Waals surface area contributed by atoms with Crippen LogP contribution in [-0.2, 0) is 9.59 Å². The number of aromatic nitrogens is 1. The summed E-state index contributed by atoms with van der Waals surface area (Å²) in [6, 6.07) is 23.3. The Bertz CT molecular complexity index is 1390. The number of fused-ring (bicyclic) bond motifs is 1. The molecule has 1 saturated heterocycles. The molecule has 0 spiro atoms. The quantitative estimate of drug-likeness (QED) is 0.212. The summed E-state index contributed by atoms with van der Waals surface area (Å²) in [5, 5.41) is 4.13. The molecule has 2 heterocycles. The number of thioether (sulfide) groups is 1. The molecule has 176 valence electrons. The second kappa shape index (κ2) is 9.80. The summed E-state index contributed by atoms with van der Waals surface area (Å²) in [5.41, 5.74) is 5.52. The van der Waals surface area contributed by atoms with Crippen LogP contribution in [0, 0.1) is 6.92 Å². The molecule has 4 aromatic rings. The van der Waals surface area contributed by atoms with Crippen LogP contribution in [0.1, 0.15) is 28.8 Å². The van der Waals surface area contributed by atoms with E-state index >= 15 is 0 Å². The highest BCUT2D eigenvalue weighted by atomic mass is 32.2. The normalized spacial score (nSPS) is 13.6. The maximum Gasteiger partial charge on any atom is 0.251 e. The number of hydrogen-bond acceptors (Lipinski definition) is 4. The first-order chi connectivity index (χ1) is 17.0. The van der Waals surface area contributed by atoms with E-state index in [0.29, 0.717) is 23.5 Å². The van der Waals surface area contributed by atoms with Crippen molar-refractivity contribution in [3.05, 3.63) is 83.9 Å². The van der Waals surface area contributed by atoms with E-state index in [4.69, 9.17) is 0 Å². The van der Waals surface area contributed by atoms with Crippen molar-refractivity contribution in [3.8, 4) is 11.3 Å². The number of para-hydroxylation sites is 1. The van der Waals surface area contributed by atoms with Gasteiger partial charge in [0.1, 0.15) is 0 Å². The molecule has 1 aliphatic rings. The molecule has 1 fully saturated rings. The van der Waals surface area contributed by atoms with Crippen LogP contribution >= 0.6 is 11.8 Å². The average Bonchev–Trinajstić information content (AvgIpc) is 3.41. The molecular weight excluding hydrogens is 458 g/mol. The zero-order chi connectivity index (χ0) is 24.4. The molecule has 3 aromatic carbocycles. The Kier molecular flexibility index (Phi) is 6.42. The number of nitrogens with zero attached hydrogens (tertiary/aromatic N) is 1. The fourth-order valence-electron chi connectivity index (χ4n) is 4.24. The van der Waals surface area contributed by atoms with E-state index in [1.54, 1.807) is 36.0 Å². The minimum atomic E-state index is -0.202. The lowest BCUT2D eigenvalue weighted by Crippen LogP contribution is -2.29. The van der Waals surface area contributed by atoms with Gasteiger partial charge in [-0.2, -0.15) is 0 Å². The number of rotatable bonds is 7. The first-order valence-electron chi connectivity index (χ1n) is 11.6. The molecule has 1 aliphatic heterocycles. The molecule has 2 N–H and O–H groups in total. The van der Waals surface area contributed by atoms with Gasteiger partial charge in [-0.25, -0.2) is 0 Å². The average molecular weight is 484 g/mol. The third-order valence-corrected chi connectivity index (χ3v) is 7.19. The fraction of sp³-hybridized carbons (Fsp3) is 0.179. The van der Waals surface area contributed by atoms with Gasteiger partial charge in [-0.3, -0.25) is 19.3 Å². The summed E-state index contributed by atoms with van der Waals surface area (Å²) in [5.74, 6) is 0.119. The van der Waals surface area contributed by atoms with Gasteiger partial charge in [0.05, 0.1) is 11.4 Å². The lowest BCUT2D eigenvalue weighted by Gasteiger charge is -2.14. The lowest BCUT2D eigenvalue weighted by molar-refractivity contribution is -0.121. The van der Waals surface area contributed by atoms with Crippen molar-refractivity contribution in [2.45, 2.75) is 24.7 Å². The lowest BCUT2D eigenvalue weighted by atomic mass is 10.1. The topological polar surface area (TPSA) is 82.3 Å². The summed E-state index contributed by atoms with van der Waals surface area (Å²) in [7, 11) is 0. The van der Waals surface area contributed by atoms with Crippen LogP contribution in [0.5, 0.6) is 0 Å². The van der Waals surface area contributed by atoms with Crippen LogP contribution in [0.2, 0.25) is 0 Å². The second-order valence-corrected chi connectivity index (χ2v) is 9.62. The van der Waals surface area contributed by atoms with Crippen LogP contribution in [0.15, 0.2) is 77.7 Å². The van der Waals surface area contributed by atoms with Crippen molar-refractivity contribution >= 4 is 46.1 Å². The van der Waals surface area contributed by atoms with E-state index in [1.165, 1.54) is 20.7 Å². The van der Waals surface area contributed by atoms with E-state index < -0.39 is 0 Å². The molecule has 0 saturated carbocycles. The molecular formula is C28H25N3O3S. The van der Waals surface area contributed by atoms with Gasteiger partial charge in [-0.15, -0.1) is 11.8 Å². The monoisotopic (exact) mass is 483 g/mol. The summed E-state index contributed by atoms with van der Waals surface area (Å²) >= 11 is 1.71. The van der Waals surface area contributed by atoms with Crippen molar-refractivity contribution in [2.24, 2.45) is 0 Å². The number of aryl methyl sites for hydroxylation is 1. The second-order valence-electron chi connectivity index (χ2n) is 8.51. The standard InChI is InChI=1S/C28H25N3O3S/c1-18-6-8-19(9-7-18)26-27(22-4-2-3-5-23(22)30-26)35-17-16-29-28(34)20-10-12-21(13-11-20)31-24(32)14-15-25(31)33/h2-13,30H,14-17H2,1H3,(H,29,34). The predicted octanol–water partition coefficient (Wildman–Crippen LogP) is 5.32. The Morgan fingerprint density at radius 2 is 1.63 bits per heavy atom. The highest BCUT2D eigenvalue weighted by Gasteiger charge is 2.30. The first-order valence-corrected chi connectivity index (χ1v) is 12.5. The number of carbonyl (C=O) groups is 3. The fourth-order valence-corrected chi connectivity index (χ4v) is 5.29. The molecule has 1 aromatic heterocycles. The minimum absolute atomic E-state index is 0.186. The van der Waals surface area contributed by atoms with Crippen LogP contribution in [0.25, 0.3) is 22.2 Å². The van der Waals surface area contributed by atoms with E-state index in [-0.39, 0.29) is 30.6 Å². The Morgan fingerprint density at radius 1 is 0.943 bits per heavy atom. The molecule has 0 aliphatic carbocycles. The van der Waals surface area contributed by atoms with Crippen molar-refractivity contribution < 1.29 is 14.4 Å². The third kappa shape index (κ3) is 4.72. The van der Waals surface area contributed by atoms with Gasteiger partial charge in [0, 0.05) is 46.5 Å². The van der Waals surface area contributed by atoms with Gasteiger partial charge < -0.3 is 10.3 Å². The molecule has 6 nitrogen and oxygen atoms in total. The molecule has 7 heteroatoms. The van der Waals surface area contributed by atoms with Crippen molar-refractivity contribution in [1.82, 2.24) is 10.3 Å². The zero-order valence-electron chi connectivity index (χ0n) is 19.3.